The van der Waals surface area contributed by atoms with Gasteiger partial charge in [-0.05, 0) is 36.3 Å². The van der Waals surface area contributed by atoms with Gasteiger partial charge in [-0.15, -0.1) is 0 Å². The van der Waals surface area contributed by atoms with Crippen molar-refractivity contribution in [3.8, 4) is 5.75 Å². The van der Waals surface area contributed by atoms with Gasteiger partial charge in [-0.1, -0.05) is 12.6 Å². The number of benzene rings is 1. The minimum atomic E-state index is -3.72. The molecule has 0 aliphatic carbocycles. The summed E-state index contributed by atoms with van der Waals surface area (Å²) in [7, 11) is -2.31. The molecule has 1 heterocycles. The maximum Gasteiger partial charge on any atom is 0.331 e. The first-order valence-corrected chi connectivity index (χ1v) is 9.54. The molecule has 2 rings (SSSR count). The molecule has 8 heteroatoms. The number of sulfonamides is 1. The first-order chi connectivity index (χ1) is 12.3. The summed E-state index contributed by atoms with van der Waals surface area (Å²) in [5, 5.41) is 0. The van der Waals surface area contributed by atoms with E-state index in [1.165, 1.54) is 29.6 Å². The van der Waals surface area contributed by atoms with Crippen LogP contribution in [0.25, 0.3) is 6.08 Å². The van der Waals surface area contributed by atoms with E-state index in [2.05, 4.69) is 6.58 Å². The van der Waals surface area contributed by atoms with Crippen LogP contribution in [-0.2, 0) is 24.3 Å². The number of rotatable bonds is 7. The number of nitrogens with zero attached hydrogens (tertiary/aromatic N) is 1. The number of ether oxygens (including phenoxy) is 3. The van der Waals surface area contributed by atoms with E-state index in [0.717, 1.165) is 5.57 Å². The molecule has 26 heavy (non-hydrogen) atoms. The Balaban J connectivity index is 2.25. The highest BCUT2D eigenvalue weighted by Crippen LogP contribution is 2.28. The van der Waals surface area contributed by atoms with Crippen LogP contribution in [0.4, 0.5) is 0 Å². The molecule has 0 spiro atoms. The molecular weight excluding hydrogens is 358 g/mol. The second-order valence-corrected chi connectivity index (χ2v) is 7.73. The molecule has 1 aromatic rings. The molecule has 0 radical (unpaired) electrons. The largest absolute Gasteiger partial charge is 0.495 e. The van der Waals surface area contributed by atoms with Crippen LogP contribution in [0.1, 0.15) is 12.5 Å². The molecular formula is C18H23NO6S. The quantitative estimate of drug-likeness (QED) is 0.407. The van der Waals surface area contributed by atoms with Crippen LogP contribution < -0.4 is 4.74 Å². The Hall–Kier alpha value is -2.16. The van der Waals surface area contributed by atoms with E-state index in [-0.39, 0.29) is 17.3 Å². The van der Waals surface area contributed by atoms with Gasteiger partial charge in [0.25, 0.3) is 0 Å². The summed E-state index contributed by atoms with van der Waals surface area (Å²) in [6.07, 6.45) is 2.74. The highest BCUT2D eigenvalue weighted by atomic mass is 32.2. The second kappa shape index (κ2) is 8.98. The number of esters is 1. The van der Waals surface area contributed by atoms with Crippen molar-refractivity contribution in [3.63, 3.8) is 0 Å². The third kappa shape index (κ3) is 5.17. The summed E-state index contributed by atoms with van der Waals surface area (Å²) < 4.78 is 42.6. The van der Waals surface area contributed by atoms with Crippen LogP contribution >= 0.6 is 0 Å². The molecule has 1 saturated heterocycles. The standard InChI is InChI=1S/C18H23NO6S/c1-14(2)13-25-18(20)7-5-15-4-6-16(23-3)17(12-15)26(21,22)19-8-10-24-11-9-19/h4-7,12H,1,8-11,13H2,2-3H3/b7-5+. The van der Waals surface area contributed by atoms with E-state index >= 15 is 0 Å². The Morgan fingerprint density at radius 3 is 2.65 bits per heavy atom. The average molecular weight is 381 g/mol. The zero-order valence-electron chi connectivity index (χ0n) is 14.9. The van der Waals surface area contributed by atoms with Crippen molar-refractivity contribution in [2.45, 2.75) is 11.8 Å². The molecule has 0 N–H and O–H groups in total. The van der Waals surface area contributed by atoms with Crippen molar-refractivity contribution in [1.82, 2.24) is 4.31 Å². The van der Waals surface area contributed by atoms with E-state index in [4.69, 9.17) is 14.2 Å². The topological polar surface area (TPSA) is 82.1 Å². The lowest BCUT2D eigenvalue weighted by Gasteiger charge is -2.26. The van der Waals surface area contributed by atoms with Gasteiger partial charge in [0, 0.05) is 19.2 Å². The van der Waals surface area contributed by atoms with Gasteiger partial charge in [-0.25, -0.2) is 13.2 Å². The maximum absolute atomic E-state index is 12.9. The fraction of sp³-hybridized carbons (Fsp3) is 0.389. The summed E-state index contributed by atoms with van der Waals surface area (Å²) in [6.45, 7) is 6.84. The zero-order chi connectivity index (χ0) is 19.2. The van der Waals surface area contributed by atoms with Gasteiger partial charge >= 0.3 is 5.97 Å². The van der Waals surface area contributed by atoms with E-state index in [9.17, 15) is 13.2 Å². The molecule has 1 aliphatic heterocycles. The lowest BCUT2D eigenvalue weighted by atomic mass is 10.2. The number of carbonyl (C=O) groups excluding carboxylic acids is 1. The van der Waals surface area contributed by atoms with Gasteiger partial charge in [0.1, 0.15) is 17.3 Å². The van der Waals surface area contributed by atoms with Gasteiger partial charge in [0.2, 0.25) is 10.0 Å². The third-order valence-corrected chi connectivity index (χ3v) is 5.57. The van der Waals surface area contributed by atoms with Gasteiger partial charge in [-0.3, -0.25) is 0 Å². The number of hydrogen-bond acceptors (Lipinski definition) is 6. The molecule has 0 amide bonds. The Bertz CT molecular complexity index is 794. The van der Waals surface area contributed by atoms with Crippen LogP contribution in [0, 0.1) is 0 Å². The Kier molecular flexibility index (Phi) is 6.96. The Morgan fingerprint density at radius 2 is 2.04 bits per heavy atom. The van der Waals surface area contributed by atoms with Gasteiger partial charge in [0.15, 0.2) is 0 Å². The number of hydrogen-bond donors (Lipinski definition) is 0. The minimum Gasteiger partial charge on any atom is -0.495 e. The molecule has 1 aliphatic rings. The molecule has 7 nitrogen and oxygen atoms in total. The monoisotopic (exact) mass is 381 g/mol. The highest BCUT2D eigenvalue weighted by Gasteiger charge is 2.29. The number of carbonyl (C=O) groups is 1. The molecule has 0 atom stereocenters. The van der Waals surface area contributed by atoms with Crippen LogP contribution in [0.5, 0.6) is 5.75 Å². The van der Waals surface area contributed by atoms with Crippen LogP contribution in [0.2, 0.25) is 0 Å². The van der Waals surface area contributed by atoms with Crippen LogP contribution in [-0.4, -0.2) is 58.7 Å². The Labute approximate surface area is 153 Å². The fourth-order valence-corrected chi connectivity index (χ4v) is 3.93. The number of morpholine rings is 1. The maximum atomic E-state index is 12.9. The van der Waals surface area contributed by atoms with Crippen molar-refractivity contribution in [2.24, 2.45) is 0 Å². The SMILES string of the molecule is C=C(C)COC(=O)/C=C/c1ccc(OC)c(S(=O)(=O)N2CCOCC2)c1. The molecule has 0 unspecified atom stereocenters. The van der Waals surface area contributed by atoms with Crippen molar-refractivity contribution in [3.05, 3.63) is 42.0 Å². The normalized spacial score (nSPS) is 15.8. The third-order valence-electron chi connectivity index (χ3n) is 3.65. The van der Waals surface area contributed by atoms with Crippen LogP contribution in [0.15, 0.2) is 41.3 Å². The molecule has 0 aromatic heterocycles. The summed E-state index contributed by atoms with van der Waals surface area (Å²) >= 11 is 0. The predicted molar refractivity (Wildman–Crippen MR) is 97.4 cm³/mol. The summed E-state index contributed by atoms with van der Waals surface area (Å²) in [5.41, 5.74) is 1.28. The minimum absolute atomic E-state index is 0.0550. The molecule has 1 fully saturated rings. The predicted octanol–water partition coefficient (Wildman–Crippen LogP) is 1.85. The average Bonchev–Trinajstić information content (AvgIpc) is 2.65. The van der Waals surface area contributed by atoms with Crippen molar-refractivity contribution in [1.29, 1.82) is 0 Å². The summed E-state index contributed by atoms with van der Waals surface area (Å²) in [5.74, 6) is -0.278. The van der Waals surface area contributed by atoms with E-state index in [1.807, 2.05) is 0 Å². The first-order valence-electron chi connectivity index (χ1n) is 8.09. The van der Waals surface area contributed by atoms with E-state index in [0.29, 0.717) is 31.9 Å². The van der Waals surface area contributed by atoms with Gasteiger partial charge < -0.3 is 14.2 Å². The smallest absolute Gasteiger partial charge is 0.331 e. The summed E-state index contributed by atoms with van der Waals surface area (Å²) in [4.78, 5) is 11.7. The Morgan fingerprint density at radius 1 is 1.35 bits per heavy atom. The summed E-state index contributed by atoms with van der Waals surface area (Å²) in [6, 6.07) is 4.71. The second-order valence-electron chi connectivity index (χ2n) is 5.82. The van der Waals surface area contributed by atoms with Crippen molar-refractivity contribution >= 4 is 22.1 Å². The molecule has 142 valence electrons. The number of methoxy groups -OCH3 is 1. The van der Waals surface area contributed by atoms with E-state index < -0.39 is 16.0 Å². The van der Waals surface area contributed by atoms with Gasteiger partial charge in [-0.2, -0.15) is 4.31 Å². The lowest BCUT2D eigenvalue weighted by molar-refractivity contribution is -0.136. The van der Waals surface area contributed by atoms with Crippen molar-refractivity contribution < 1.29 is 27.4 Å². The van der Waals surface area contributed by atoms with Gasteiger partial charge in [0.05, 0.1) is 20.3 Å². The highest BCUT2D eigenvalue weighted by molar-refractivity contribution is 7.89. The van der Waals surface area contributed by atoms with Crippen molar-refractivity contribution in [2.75, 3.05) is 40.0 Å². The lowest BCUT2D eigenvalue weighted by Crippen LogP contribution is -2.40. The molecule has 0 saturated carbocycles. The molecule has 1 aromatic carbocycles. The van der Waals surface area contributed by atoms with E-state index in [1.54, 1.807) is 19.1 Å². The fourth-order valence-electron chi connectivity index (χ4n) is 2.33. The molecule has 0 bridgehead atoms. The van der Waals surface area contributed by atoms with Crippen LogP contribution in [0.3, 0.4) is 0 Å². The first kappa shape index (κ1) is 20.2. The zero-order valence-corrected chi connectivity index (χ0v) is 15.8.